The first-order chi connectivity index (χ1) is 8.06. The Morgan fingerprint density at radius 1 is 1.18 bits per heavy atom. The zero-order chi connectivity index (χ0) is 12.8. The molecule has 0 aliphatic heterocycles. The van der Waals surface area contributed by atoms with E-state index in [0.29, 0.717) is 11.4 Å². The molecule has 7 heteroatoms. The van der Waals surface area contributed by atoms with Gasteiger partial charge in [0.2, 0.25) is 0 Å². The van der Waals surface area contributed by atoms with E-state index in [-0.39, 0.29) is 6.03 Å². The van der Waals surface area contributed by atoms with Gasteiger partial charge in [0.25, 0.3) is 0 Å². The van der Waals surface area contributed by atoms with E-state index in [1.54, 1.807) is 18.2 Å². The van der Waals surface area contributed by atoms with Crippen molar-refractivity contribution in [1.29, 1.82) is 0 Å². The fourth-order valence-corrected chi connectivity index (χ4v) is 1.19. The van der Waals surface area contributed by atoms with Crippen LogP contribution in [0.3, 0.4) is 0 Å². The normalized spacial score (nSPS) is 9.35. The Kier molecular flexibility index (Phi) is 4.29. The van der Waals surface area contributed by atoms with Crippen molar-refractivity contribution in [1.82, 2.24) is 10.7 Å². The number of benzene rings is 1. The SMILES string of the molecule is CNC(=O)Nc1cc(NC(=O)NN)ccc1C. The van der Waals surface area contributed by atoms with Gasteiger partial charge in [-0.05, 0) is 24.6 Å². The molecule has 0 bridgehead atoms. The number of nitrogens with one attached hydrogen (secondary N) is 4. The van der Waals surface area contributed by atoms with Gasteiger partial charge in [0.05, 0.1) is 0 Å². The highest BCUT2D eigenvalue weighted by molar-refractivity contribution is 5.93. The Morgan fingerprint density at radius 3 is 2.47 bits per heavy atom. The summed E-state index contributed by atoms with van der Waals surface area (Å²) in [4.78, 5) is 22.2. The molecular weight excluding hydrogens is 222 g/mol. The summed E-state index contributed by atoms with van der Waals surface area (Å²) in [6.07, 6.45) is 0. The van der Waals surface area contributed by atoms with Crippen molar-refractivity contribution < 1.29 is 9.59 Å². The molecule has 0 saturated carbocycles. The van der Waals surface area contributed by atoms with Crippen molar-refractivity contribution in [3.8, 4) is 0 Å². The van der Waals surface area contributed by atoms with Crippen LogP contribution in [0.5, 0.6) is 0 Å². The van der Waals surface area contributed by atoms with E-state index in [4.69, 9.17) is 5.84 Å². The first-order valence-electron chi connectivity index (χ1n) is 4.93. The number of hydrazine groups is 1. The number of hydrogen-bond donors (Lipinski definition) is 5. The lowest BCUT2D eigenvalue weighted by molar-refractivity contribution is 0.252. The molecule has 1 rings (SSSR count). The van der Waals surface area contributed by atoms with Crippen LogP contribution in [-0.2, 0) is 0 Å². The second kappa shape index (κ2) is 5.71. The highest BCUT2D eigenvalue weighted by Crippen LogP contribution is 2.20. The van der Waals surface area contributed by atoms with Gasteiger partial charge in [-0.1, -0.05) is 6.07 Å². The van der Waals surface area contributed by atoms with Crippen LogP contribution in [-0.4, -0.2) is 19.1 Å². The van der Waals surface area contributed by atoms with E-state index < -0.39 is 6.03 Å². The molecule has 17 heavy (non-hydrogen) atoms. The van der Waals surface area contributed by atoms with Gasteiger partial charge in [-0.15, -0.1) is 0 Å². The van der Waals surface area contributed by atoms with Gasteiger partial charge >= 0.3 is 12.1 Å². The van der Waals surface area contributed by atoms with Crippen LogP contribution in [0.2, 0.25) is 0 Å². The number of hydrogen-bond acceptors (Lipinski definition) is 3. The molecule has 0 spiro atoms. The Hall–Kier alpha value is -2.28. The summed E-state index contributed by atoms with van der Waals surface area (Å²) in [6, 6.07) is 4.27. The summed E-state index contributed by atoms with van der Waals surface area (Å²) in [7, 11) is 1.52. The van der Waals surface area contributed by atoms with Crippen LogP contribution in [0.1, 0.15) is 5.56 Å². The molecule has 0 aromatic heterocycles. The number of carbonyl (C=O) groups excluding carboxylic acids is 2. The number of aryl methyl sites for hydroxylation is 1. The van der Waals surface area contributed by atoms with Crippen molar-refractivity contribution in [3.05, 3.63) is 23.8 Å². The van der Waals surface area contributed by atoms with E-state index in [2.05, 4.69) is 16.0 Å². The fourth-order valence-electron chi connectivity index (χ4n) is 1.19. The lowest BCUT2D eigenvalue weighted by Gasteiger charge is -2.10. The molecule has 0 heterocycles. The number of rotatable bonds is 2. The average molecular weight is 237 g/mol. The third-order valence-corrected chi connectivity index (χ3v) is 2.10. The minimum absolute atomic E-state index is 0.325. The minimum Gasteiger partial charge on any atom is -0.341 e. The van der Waals surface area contributed by atoms with Crippen LogP contribution in [0, 0.1) is 6.92 Å². The van der Waals surface area contributed by atoms with Crippen LogP contribution in [0.15, 0.2) is 18.2 Å². The average Bonchev–Trinajstić information content (AvgIpc) is 2.33. The molecule has 1 aromatic rings. The Balaban J connectivity index is 2.86. The monoisotopic (exact) mass is 237 g/mol. The molecule has 0 aliphatic carbocycles. The molecule has 0 fully saturated rings. The summed E-state index contributed by atoms with van der Waals surface area (Å²) in [5.41, 5.74) is 3.97. The topological polar surface area (TPSA) is 108 Å². The highest BCUT2D eigenvalue weighted by atomic mass is 16.2. The molecule has 92 valence electrons. The van der Waals surface area contributed by atoms with E-state index >= 15 is 0 Å². The van der Waals surface area contributed by atoms with Crippen LogP contribution < -0.4 is 27.2 Å². The van der Waals surface area contributed by atoms with Crippen LogP contribution in [0.25, 0.3) is 0 Å². The maximum atomic E-state index is 11.2. The molecule has 4 amide bonds. The van der Waals surface area contributed by atoms with E-state index in [1.165, 1.54) is 7.05 Å². The second-order valence-electron chi connectivity index (χ2n) is 3.33. The molecule has 7 nitrogen and oxygen atoms in total. The largest absolute Gasteiger partial charge is 0.341 e. The van der Waals surface area contributed by atoms with Crippen molar-refractivity contribution in [2.24, 2.45) is 5.84 Å². The summed E-state index contributed by atoms with van der Waals surface area (Å²) < 4.78 is 0. The van der Waals surface area contributed by atoms with Gasteiger partial charge in [-0.3, -0.25) is 5.43 Å². The summed E-state index contributed by atoms with van der Waals surface area (Å²) in [5.74, 6) is 4.95. The second-order valence-corrected chi connectivity index (χ2v) is 3.33. The van der Waals surface area contributed by atoms with Crippen molar-refractivity contribution in [3.63, 3.8) is 0 Å². The van der Waals surface area contributed by atoms with E-state index in [9.17, 15) is 9.59 Å². The maximum Gasteiger partial charge on any atom is 0.333 e. The molecule has 0 atom stereocenters. The van der Waals surface area contributed by atoms with Crippen LogP contribution >= 0.6 is 0 Å². The first kappa shape index (κ1) is 12.8. The van der Waals surface area contributed by atoms with Crippen molar-refractivity contribution >= 4 is 23.4 Å². The minimum atomic E-state index is -0.528. The molecule has 0 radical (unpaired) electrons. The zero-order valence-corrected chi connectivity index (χ0v) is 9.63. The first-order valence-corrected chi connectivity index (χ1v) is 4.93. The van der Waals surface area contributed by atoms with Crippen molar-refractivity contribution in [2.75, 3.05) is 17.7 Å². The van der Waals surface area contributed by atoms with Crippen LogP contribution in [0.4, 0.5) is 21.0 Å². The van der Waals surface area contributed by atoms with Gasteiger partial charge in [0.15, 0.2) is 0 Å². The van der Waals surface area contributed by atoms with E-state index in [0.717, 1.165) is 5.56 Å². The Morgan fingerprint density at radius 2 is 1.88 bits per heavy atom. The molecule has 0 unspecified atom stereocenters. The fraction of sp³-hybridized carbons (Fsp3) is 0.200. The predicted octanol–water partition coefficient (Wildman–Crippen LogP) is 0.742. The van der Waals surface area contributed by atoms with E-state index in [1.807, 2.05) is 12.3 Å². The number of nitrogens with two attached hydrogens (primary N) is 1. The third-order valence-electron chi connectivity index (χ3n) is 2.10. The Bertz CT molecular complexity index is 433. The Labute approximate surface area is 98.7 Å². The quantitative estimate of drug-likeness (QED) is 0.297. The molecule has 6 N–H and O–H groups in total. The molecular formula is C10H15N5O2. The van der Waals surface area contributed by atoms with Gasteiger partial charge < -0.3 is 16.0 Å². The highest BCUT2D eigenvalue weighted by Gasteiger charge is 2.05. The predicted molar refractivity (Wildman–Crippen MR) is 65.6 cm³/mol. The summed E-state index contributed by atoms with van der Waals surface area (Å²) >= 11 is 0. The smallest absolute Gasteiger partial charge is 0.333 e. The van der Waals surface area contributed by atoms with Gasteiger partial charge in [-0.25, -0.2) is 15.4 Å². The molecule has 0 aliphatic rings. The van der Waals surface area contributed by atoms with Crippen molar-refractivity contribution in [2.45, 2.75) is 6.92 Å². The maximum absolute atomic E-state index is 11.2. The standard InChI is InChI=1S/C10H15N5O2/c1-6-3-4-7(13-10(17)15-11)5-8(6)14-9(16)12-2/h3-5H,11H2,1-2H3,(H2,12,14,16)(H2,13,15,17). The third kappa shape index (κ3) is 3.65. The summed E-state index contributed by atoms with van der Waals surface area (Å²) in [5, 5.41) is 7.58. The molecule has 0 saturated heterocycles. The van der Waals surface area contributed by atoms with Gasteiger partial charge in [-0.2, -0.15) is 0 Å². The number of amides is 4. The summed E-state index contributed by atoms with van der Waals surface area (Å²) in [6.45, 7) is 1.85. The van der Waals surface area contributed by atoms with Gasteiger partial charge in [0.1, 0.15) is 0 Å². The number of urea groups is 2. The number of carbonyl (C=O) groups is 2. The molecule has 1 aromatic carbocycles. The lowest BCUT2D eigenvalue weighted by Crippen LogP contribution is -2.34. The zero-order valence-electron chi connectivity index (χ0n) is 9.63. The number of anilines is 2. The lowest BCUT2D eigenvalue weighted by atomic mass is 10.2. The van der Waals surface area contributed by atoms with Gasteiger partial charge in [0, 0.05) is 18.4 Å².